The lowest BCUT2D eigenvalue weighted by atomic mass is 10.0. The number of carbonyl (C=O) groups is 1. The smallest absolute Gasteiger partial charge is 0.247 e. The molecule has 0 aromatic heterocycles. The zero-order valence-electron chi connectivity index (χ0n) is 14.3. The molecule has 0 N–H and O–H groups in total. The van der Waals surface area contributed by atoms with Gasteiger partial charge in [-0.2, -0.15) is 5.26 Å². The third-order valence-corrected chi connectivity index (χ3v) is 4.51. The van der Waals surface area contributed by atoms with Gasteiger partial charge in [-0.05, 0) is 36.4 Å². The van der Waals surface area contributed by atoms with Gasteiger partial charge in [0, 0.05) is 25.7 Å². The van der Waals surface area contributed by atoms with Crippen molar-refractivity contribution in [2.45, 2.75) is 6.04 Å². The number of piperazine rings is 1. The van der Waals surface area contributed by atoms with E-state index in [2.05, 4.69) is 30.1 Å². The van der Waals surface area contributed by atoms with E-state index in [1.54, 1.807) is 18.2 Å². The molecule has 1 atom stereocenters. The van der Waals surface area contributed by atoms with Crippen molar-refractivity contribution in [1.82, 2.24) is 9.80 Å². The van der Waals surface area contributed by atoms with E-state index in [0.29, 0.717) is 12.1 Å². The van der Waals surface area contributed by atoms with Crippen LogP contribution in [0.3, 0.4) is 0 Å². The fraction of sp³-hybridized carbons (Fsp3) is 0.238. The van der Waals surface area contributed by atoms with E-state index in [0.717, 1.165) is 24.2 Å². The van der Waals surface area contributed by atoms with Crippen molar-refractivity contribution in [2.24, 2.45) is 0 Å². The third-order valence-electron chi connectivity index (χ3n) is 4.51. The van der Waals surface area contributed by atoms with E-state index < -0.39 is 0 Å². The van der Waals surface area contributed by atoms with Crippen LogP contribution in [0.25, 0.3) is 6.08 Å². The molecule has 126 valence electrons. The predicted octanol–water partition coefficient (Wildman–Crippen LogP) is 3.09. The summed E-state index contributed by atoms with van der Waals surface area (Å²) in [5.74, 6) is 0.0197. The first-order chi connectivity index (χ1) is 12.2. The first kappa shape index (κ1) is 16.9. The lowest BCUT2D eigenvalue weighted by molar-refractivity contribution is -0.130. The van der Waals surface area contributed by atoms with Crippen molar-refractivity contribution in [2.75, 3.05) is 26.7 Å². The van der Waals surface area contributed by atoms with Crippen LogP contribution in [0.2, 0.25) is 0 Å². The summed E-state index contributed by atoms with van der Waals surface area (Å²) in [6.07, 6.45) is 3.44. The van der Waals surface area contributed by atoms with Gasteiger partial charge >= 0.3 is 0 Å². The fourth-order valence-electron chi connectivity index (χ4n) is 3.08. The van der Waals surface area contributed by atoms with Crippen LogP contribution in [0.4, 0.5) is 0 Å². The summed E-state index contributed by atoms with van der Waals surface area (Å²) in [6, 6.07) is 19.5. The maximum atomic E-state index is 12.8. The average molecular weight is 331 g/mol. The lowest BCUT2D eigenvalue weighted by Gasteiger charge is -2.39. The number of likely N-dealkylation sites (N-methyl/N-ethyl adjacent to an activating group) is 1. The SMILES string of the molecule is CN1CCN(C(=O)C=Cc2ccc(C#N)cc2)C(c2ccccc2)C1. The highest BCUT2D eigenvalue weighted by Crippen LogP contribution is 2.25. The monoisotopic (exact) mass is 331 g/mol. The summed E-state index contributed by atoms with van der Waals surface area (Å²) in [5.41, 5.74) is 2.69. The van der Waals surface area contributed by atoms with E-state index in [1.807, 2.05) is 41.3 Å². The van der Waals surface area contributed by atoms with Gasteiger partial charge in [0.05, 0.1) is 17.7 Å². The van der Waals surface area contributed by atoms with Gasteiger partial charge in [-0.1, -0.05) is 42.5 Å². The molecule has 2 aromatic carbocycles. The molecular formula is C21H21N3O. The molecule has 0 spiro atoms. The number of rotatable bonds is 3. The van der Waals surface area contributed by atoms with E-state index in [-0.39, 0.29) is 11.9 Å². The molecule has 2 aromatic rings. The topological polar surface area (TPSA) is 47.3 Å². The molecule has 1 saturated heterocycles. The van der Waals surface area contributed by atoms with Crippen LogP contribution in [-0.2, 0) is 4.79 Å². The molecule has 1 fully saturated rings. The highest BCUT2D eigenvalue weighted by Gasteiger charge is 2.28. The van der Waals surface area contributed by atoms with Gasteiger partial charge in [0.25, 0.3) is 0 Å². The van der Waals surface area contributed by atoms with Gasteiger partial charge < -0.3 is 9.80 Å². The Bertz CT molecular complexity index is 790. The van der Waals surface area contributed by atoms with E-state index in [1.165, 1.54) is 0 Å². The van der Waals surface area contributed by atoms with E-state index in [4.69, 9.17) is 5.26 Å². The maximum Gasteiger partial charge on any atom is 0.247 e. The van der Waals surface area contributed by atoms with Crippen LogP contribution in [-0.4, -0.2) is 42.4 Å². The van der Waals surface area contributed by atoms with Gasteiger partial charge in [0.2, 0.25) is 5.91 Å². The Morgan fingerprint density at radius 3 is 2.52 bits per heavy atom. The molecule has 3 rings (SSSR count). The Morgan fingerprint density at radius 1 is 1.12 bits per heavy atom. The standard InChI is InChI=1S/C21H21N3O/c1-23-13-14-24(20(16-23)19-5-3-2-4-6-19)21(25)12-11-17-7-9-18(15-22)10-8-17/h2-12,20H,13-14,16H2,1H3. The Morgan fingerprint density at radius 2 is 1.84 bits per heavy atom. The van der Waals surface area contributed by atoms with Gasteiger partial charge in [-0.3, -0.25) is 4.79 Å². The molecular weight excluding hydrogens is 310 g/mol. The van der Waals surface area contributed by atoms with E-state index in [9.17, 15) is 4.79 Å². The number of carbonyl (C=O) groups excluding carboxylic acids is 1. The molecule has 4 nitrogen and oxygen atoms in total. The summed E-state index contributed by atoms with van der Waals surface area (Å²) in [5, 5.41) is 8.84. The molecule has 0 bridgehead atoms. The Balaban J connectivity index is 1.76. The van der Waals surface area contributed by atoms with Gasteiger partial charge in [-0.15, -0.1) is 0 Å². The first-order valence-corrected chi connectivity index (χ1v) is 8.40. The number of hydrogen-bond donors (Lipinski definition) is 0. The molecule has 0 aliphatic carbocycles. The number of nitriles is 1. The summed E-state index contributed by atoms with van der Waals surface area (Å²) in [6.45, 7) is 2.42. The molecule has 0 saturated carbocycles. The Labute approximate surface area is 148 Å². The minimum Gasteiger partial charge on any atom is -0.330 e. The molecule has 1 aliphatic rings. The quantitative estimate of drug-likeness (QED) is 0.812. The second-order valence-corrected chi connectivity index (χ2v) is 6.29. The van der Waals surface area contributed by atoms with Gasteiger partial charge in [0.1, 0.15) is 0 Å². The molecule has 0 radical (unpaired) electrons. The summed E-state index contributed by atoms with van der Waals surface area (Å²) in [7, 11) is 2.09. The summed E-state index contributed by atoms with van der Waals surface area (Å²) >= 11 is 0. The van der Waals surface area contributed by atoms with Crippen LogP contribution < -0.4 is 0 Å². The second kappa shape index (κ2) is 7.78. The minimum absolute atomic E-state index is 0.0197. The van der Waals surface area contributed by atoms with Crippen molar-refractivity contribution in [1.29, 1.82) is 5.26 Å². The van der Waals surface area contributed by atoms with Crippen molar-refractivity contribution >= 4 is 12.0 Å². The zero-order chi connectivity index (χ0) is 17.6. The van der Waals surface area contributed by atoms with Crippen molar-refractivity contribution in [3.8, 4) is 6.07 Å². The first-order valence-electron chi connectivity index (χ1n) is 8.40. The highest BCUT2D eigenvalue weighted by molar-refractivity contribution is 5.92. The van der Waals surface area contributed by atoms with Crippen LogP contribution in [0, 0.1) is 11.3 Å². The zero-order valence-corrected chi connectivity index (χ0v) is 14.3. The van der Waals surface area contributed by atoms with Crippen molar-refractivity contribution < 1.29 is 4.79 Å². The Hall–Kier alpha value is -2.90. The van der Waals surface area contributed by atoms with Gasteiger partial charge in [-0.25, -0.2) is 0 Å². The third kappa shape index (κ3) is 4.14. The summed E-state index contributed by atoms with van der Waals surface area (Å²) in [4.78, 5) is 16.9. The maximum absolute atomic E-state index is 12.8. The molecule has 1 amide bonds. The van der Waals surface area contributed by atoms with Crippen LogP contribution in [0.1, 0.15) is 22.7 Å². The largest absolute Gasteiger partial charge is 0.330 e. The molecule has 1 heterocycles. The highest BCUT2D eigenvalue weighted by atomic mass is 16.2. The van der Waals surface area contributed by atoms with Gasteiger partial charge in [0.15, 0.2) is 0 Å². The lowest BCUT2D eigenvalue weighted by Crippen LogP contribution is -2.48. The average Bonchev–Trinajstić information content (AvgIpc) is 2.67. The number of hydrogen-bond acceptors (Lipinski definition) is 3. The number of benzene rings is 2. The van der Waals surface area contributed by atoms with Crippen LogP contribution in [0.5, 0.6) is 0 Å². The van der Waals surface area contributed by atoms with Crippen LogP contribution in [0.15, 0.2) is 60.7 Å². The predicted molar refractivity (Wildman–Crippen MR) is 98.6 cm³/mol. The van der Waals surface area contributed by atoms with E-state index >= 15 is 0 Å². The summed E-state index contributed by atoms with van der Waals surface area (Å²) < 4.78 is 0. The number of amides is 1. The fourth-order valence-corrected chi connectivity index (χ4v) is 3.08. The molecule has 4 heteroatoms. The molecule has 25 heavy (non-hydrogen) atoms. The van der Waals surface area contributed by atoms with Crippen molar-refractivity contribution in [3.63, 3.8) is 0 Å². The normalized spacial score (nSPS) is 18.2. The molecule has 1 unspecified atom stereocenters. The van der Waals surface area contributed by atoms with Crippen LogP contribution >= 0.6 is 0 Å². The van der Waals surface area contributed by atoms with Crippen molar-refractivity contribution in [3.05, 3.63) is 77.4 Å². The number of nitrogens with zero attached hydrogens (tertiary/aromatic N) is 3. The minimum atomic E-state index is 0.0197. The second-order valence-electron chi connectivity index (χ2n) is 6.29. The molecule has 1 aliphatic heterocycles. The Kier molecular flexibility index (Phi) is 5.27.